The lowest BCUT2D eigenvalue weighted by molar-refractivity contribution is 0.670. The van der Waals surface area contributed by atoms with E-state index in [2.05, 4.69) is 121 Å². The van der Waals surface area contributed by atoms with Gasteiger partial charge in [0.1, 0.15) is 11.2 Å². The van der Waals surface area contributed by atoms with Gasteiger partial charge in [0.05, 0.1) is 0 Å². The zero-order valence-electron chi connectivity index (χ0n) is 31.7. The molecule has 0 amide bonds. The molecule has 2 aromatic heterocycles. The summed E-state index contributed by atoms with van der Waals surface area (Å²) in [5, 5.41) is 1.99. The van der Waals surface area contributed by atoms with E-state index in [1.807, 2.05) is 72.8 Å². The predicted octanol–water partition coefficient (Wildman–Crippen LogP) is 13.9. The fraction of sp³-hybridized carbons (Fsp3) is 0.0556. The van der Waals surface area contributed by atoms with E-state index in [4.69, 9.17) is 19.4 Å². The Balaban J connectivity index is 1.15. The number of aromatic nitrogens is 3. The van der Waals surface area contributed by atoms with Gasteiger partial charge in [0.15, 0.2) is 17.5 Å². The first-order valence-electron chi connectivity index (χ1n) is 19.9. The van der Waals surface area contributed by atoms with E-state index in [0.717, 1.165) is 73.7 Å². The van der Waals surface area contributed by atoms with Crippen LogP contribution < -0.4 is 0 Å². The van der Waals surface area contributed by atoms with Crippen LogP contribution in [0.4, 0.5) is 0 Å². The maximum absolute atomic E-state index is 6.87. The number of aryl methyl sites for hydroxylation is 1. The van der Waals surface area contributed by atoms with Crippen molar-refractivity contribution in [1.29, 1.82) is 0 Å². The molecular formula is C54H37N3O. The Labute approximate surface area is 337 Å². The summed E-state index contributed by atoms with van der Waals surface area (Å²) in [6.07, 6.45) is 2.10. The smallest absolute Gasteiger partial charge is 0.164 e. The highest BCUT2D eigenvalue weighted by atomic mass is 16.3. The third kappa shape index (κ3) is 5.98. The minimum Gasteiger partial charge on any atom is -0.455 e. The van der Waals surface area contributed by atoms with E-state index in [0.29, 0.717) is 23.4 Å². The molecule has 10 aromatic rings. The Hall–Kier alpha value is -7.43. The number of rotatable bonds is 6. The Morgan fingerprint density at radius 3 is 1.71 bits per heavy atom. The molecule has 8 aromatic carbocycles. The zero-order chi connectivity index (χ0) is 38.4. The summed E-state index contributed by atoms with van der Waals surface area (Å²) in [7, 11) is 0. The van der Waals surface area contributed by atoms with Crippen molar-refractivity contribution in [3.63, 3.8) is 0 Å². The minimum absolute atomic E-state index is 0.308. The maximum Gasteiger partial charge on any atom is 0.164 e. The molecule has 1 unspecified atom stereocenters. The van der Waals surface area contributed by atoms with Gasteiger partial charge in [-0.1, -0.05) is 170 Å². The van der Waals surface area contributed by atoms with Crippen LogP contribution in [0.1, 0.15) is 29.0 Å². The molecule has 0 radical (unpaired) electrons. The molecule has 0 spiro atoms. The first-order valence-corrected chi connectivity index (χ1v) is 19.9. The van der Waals surface area contributed by atoms with Gasteiger partial charge in [-0.25, -0.2) is 15.0 Å². The Morgan fingerprint density at radius 1 is 0.414 bits per heavy atom. The van der Waals surface area contributed by atoms with E-state index in [1.165, 1.54) is 27.8 Å². The molecule has 0 aliphatic heterocycles. The van der Waals surface area contributed by atoms with E-state index < -0.39 is 0 Å². The van der Waals surface area contributed by atoms with Crippen molar-refractivity contribution in [3.8, 4) is 67.5 Å². The molecule has 0 saturated carbocycles. The summed E-state index contributed by atoms with van der Waals surface area (Å²) in [5.74, 6) is 2.15. The first kappa shape index (κ1) is 33.9. The second kappa shape index (κ2) is 14.3. The minimum atomic E-state index is 0.308. The van der Waals surface area contributed by atoms with Crippen molar-refractivity contribution >= 4 is 21.9 Å². The molecule has 2 heterocycles. The largest absolute Gasteiger partial charge is 0.455 e. The van der Waals surface area contributed by atoms with Crippen LogP contribution >= 0.6 is 0 Å². The van der Waals surface area contributed by atoms with Crippen LogP contribution in [0.25, 0.3) is 89.5 Å². The van der Waals surface area contributed by atoms with Crippen molar-refractivity contribution in [2.45, 2.75) is 18.8 Å². The molecule has 1 atom stereocenters. The van der Waals surface area contributed by atoms with Crippen LogP contribution in [0.2, 0.25) is 0 Å². The molecule has 1 aliphatic rings. The first-order chi connectivity index (χ1) is 28.7. The summed E-state index contributed by atoms with van der Waals surface area (Å²) in [6.45, 7) is 0. The van der Waals surface area contributed by atoms with Crippen molar-refractivity contribution in [2.75, 3.05) is 0 Å². The lowest BCUT2D eigenvalue weighted by atomic mass is 9.84. The molecule has 0 bridgehead atoms. The van der Waals surface area contributed by atoms with Crippen LogP contribution in [0.15, 0.2) is 199 Å². The lowest BCUT2D eigenvalue weighted by Gasteiger charge is -2.20. The fourth-order valence-electron chi connectivity index (χ4n) is 8.80. The van der Waals surface area contributed by atoms with E-state index in [9.17, 15) is 0 Å². The van der Waals surface area contributed by atoms with Gasteiger partial charge >= 0.3 is 0 Å². The quantitative estimate of drug-likeness (QED) is 0.170. The molecule has 274 valence electrons. The maximum atomic E-state index is 6.87. The van der Waals surface area contributed by atoms with Gasteiger partial charge in [-0.2, -0.15) is 0 Å². The van der Waals surface area contributed by atoms with E-state index >= 15 is 0 Å². The highest BCUT2D eigenvalue weighted by Crippen LogP contribution is 2.46. The number of nitrogens with zero attached hydrogens (tertiary/aromatic N) is 3. The summed E-state index contributed by atoms with van der Waals surface area (Å²) in [4.78, 5) is 15.3. The van der Waals surface area contributed by atoms with E-state index in [-0.39, 0.29) is 0 Å². The van der Waals surface area contributed by atoms with Crippen LogP contribution in [0, 0.1) is 0 Å². The Kier molecular flexibility index (Phi) is 8.32. The van der Waals surface area contributed by atoms with Crippen molar-refractivity contribution < 1.29 is 4.42 Å². The summed E-state index contributed by atoms with van der Waals surface area (Å²) in [5.41, 5.74) is 15.5. The number of furan rings is 1. The summed E-state index contributed by atoms with van der Waals surface area (Å²) >= 11 is 0. The number of hydrogen-bond donors (Lipinski definition) is 0. The summed E-state index contributed by atoms with van der Waals surface area (Å²) in [6, 6.07) is 68.6. The average molecular weight is 744 g/mol. The van der Waals surface area contributed by atoms with Gasteiger partial charge in [-0.15, -0.1) is 0 Å². The summed E-state index contributed by atoms with van der Waals surface area (Å²) < 4.78 is 6.87. The molecule has 1 aliphatic carbocycles. The molecule has 11 rings (SSSR count). The third-order valence-corrected chi connectivity index (χ3v) is 11.6. The number of benzene rings is 8. The van der Waals surface area contributed by atoms with Gasteiger partial charge < -0.3 is 4.42 Å². The van der Waals surface area contributed by atoms with Gasteiger partial charge in [0, 0.05) is 38.9 Å². The van der Waals surface area contributed by atoms with Crippen LogP contribution in [-0.2, 0) is 6.42 Å². The van der Waals surface area contributed by atoms with E-state index in [1.54, 1.807) is 0 Å². The van der Waals surface area contributed by atoms with Crippen LogP contribution in [0.5, 0.6) is 0 Å². The van der Waals surface area contributed by atoms with Crippen molar-refractivity contribution in [1.82, 2.24) is 15.0 Å². The van der Waals surface area contributed by atoms with Crippen LogP contribution in [-0.4, -0.2) is 15.0 Å². The standard InChI is InChI=1S/C54H37N3O/c1-5-16-35(17-6-1)43-30-28-37-20-13-14-25-42(37)47-32-40(29-31-44(43)47)41-33-46(36-18-7-2-8-19-36)51-48(34-41)50-45(26-15-27-49(50)58-51)54-56-52(38-21-9-3-10-22-38)55-53(57-54)39-23-11-4-12-24-39/h1-27,29,31-34,43H,28,30H2. The van der Waals surface area contributed by atoms with Crippen molar-refractivity contribution in [2.24, 2.45) is 0 Å². The Morgan fingerprint density at radius 2 is 1.00 bits per heavy atom. The third-order valence-electron chi connectivity index (χ3n) is 11.6. The Bertz CT molecular complexity index is 3040. The van der Waals surface area contributed by atoms with Gasteiger partial charge in [0.2, 0.25) is 0 Å². The van der Waals surface area contributed by atoms with Gasteiger partial charge in [-0.05, 0) is 81.6 Å². The average Bonchev–Trinajstić information content (AvgIpc) is 3.60. The molecule has 0 saturated heterocycles. The number of fused-ring (bicyclic) bond motifs is 6. The lowest BCUT2D eigenvalue weighted by Crippen LogP contribution is -2.02. The predicted molar refractivity (Wildman–Crippen MR) is 236 cm³/mol. The molecule has 0 N–H and O–H groups in total. The monoisotopic (exact) mass is 743 g/mol. The highest BCUT2D eigenvalue weighted by molar-refractivity contribution is 6.16. The van der Waals surface area contributed by atoms with Gasteiger partial charge in [0.25, 0.3) is 0 Å². The molecule has 4 nitrogen and oxygen atoms in total. The SMILES string of the molecule is c1ccc(-c2nc(-c3ccccc3)nc(-c3cccc4oc5c(-c6ccccc6)cc(-c6ccc7c(c6)-c6ccccc6CCC7c6ccccc6)cc5c34)n2)cc1. The zero-order valence-corrected chi connectivity index (χ0v) is 31.7. The molecule has 0 fully saturated rings. The molecule has 4 heteroatoms. The second-order valence-electron chi connectivity index (χ2n) is 15.0. The van der Waals surface area contributed by atoms with Crippen LogP contribution in [0.3, 0.4) is 0 Å². The normalized spacial score (nSPS) is 13.6. The highest BCUT2D eigenvalue weighted by Gasteiger charge is 2.25. The topological polar surface area (TPSA) is 51.8 Å². The van der Waals surface area contributed by atoms with Crippen molar-refractivity contribution in [3.05, 3.63) is 211 Å². The second-order valence-corrected chi connectivity index (χ2v) is 15.0. The molecule has 58 heavy (non-hydrogen) atoms. The van der Waals surface area contributed by atoms with Gasteiger partial charge in [-0.3, -0.25) is 0 Å². The number of hydrogen-bond acceptors (Lipinski definition) is 4. The molecular weight excluding hydrogens is 707 g/mol. The fourth-order valence-corrected chi connectivity index (χ4v) is 8.80.